The van der Waals surface area contributed by atoms with Crippen LogP contribution >= 0.6 is 0 Å². The zero-order valence-corrected chi connectivity index (χ0v) is 7.28. The standard InChI is InChI=1S/C8H15F2NO/c1-12-7(6-11)2-4-8(9,10)5-3-7/h2-6,11H2,1H3. The second-order valence-corrected chi connectivity index (χ2v) is 3.45. The third kappa shape index (κ3) is 1.93. The molecule has 0 amide bonds. The lowest BCUT2D eigenvalue weighted by atomic mass is 9.82. The van der Waals surface area contributed by atoms with Crippen molar-refractivity contribution in [3.05, 3.63) is 0 Å². The van der Waals surface area contributed by atoms with Gasteiger partial charge in [0.1, 0.15) is 0 Å². The van der Waals surface area contributed by atoms with Crippen molar-refractivity contribution in [2.75, 3.05) is 13.7 Å². The molecule has 1 aliphatic carbocycles. The van der Waals surface area contributed by atoms with E-state index in [4.69, 9.17) is 10.5 Å². The Morgan fingerprint density at radius 2 is 1.75 bits per heavy atom. The van der Waals surface area contributed by atoms with Crippen molar-refractivity contribution in [3.8, 4) is 0 Å². The second-order valence-electron chi connectivity index (χ2n) is 3.45. The molecule has 1 rings (SSSR count). The maximum absolute atomic E-state index is 12.7. The fourth-order valence-electron chi connectivity index (χ4n) is 1.56. The Hall–Kier alpha value is -0.220. The highest BCUT2D eigenvalue weighted by atomic mass is 19.3. The molecule has 1 saturated carbocycles. The van der Waals surface area contributed by atoms with E-state index < -0.39 is 11.5 Å². The van der Waals surface area contributed by atoms with Crippen LogP contribution in [0.25, 0.3) is 0 Å². The molecule has 0 aromatic carbocycles. The third-order valence-electron chi connectivity index (χ3n) is 2.70. The number of alkyl halides is 2. The fourth-order valence-corrected chi connectivity index (χ4v) is 1.56. The minimum absolute atomic E-state index is 0.0992. The van der Waals surface area contributed by atoms with Crippen molar-refractivity contribution >= 4 is 0 Å². The Labute approximate surface area is 71.1 Å². The number of nitrogens with two attached hydrogens (primary N) is 1. The summed E-state index contributed by atoms with van der Waals surface area (Å²) in [7, 11) is 1.54. The van der Waals surface area contributed by atoms with Gasteiger partial charge in [-0.2, -0.15) is 0 Å². The average Bonchev–Trinajstić information content (AvgIpc) is 2.06. The first-order chi connectivity index (χ1) is 5.54. The molecule has 2 nitrogen and oxygen atoms in total. The summed E-state index contributed by atoms with van der Waals surface area (Å²) in [6, 6.07) is 0. The van der Waals surface area contributed by atoms with E-state index in [1.54, 1.807) is 0 Å². The Kier molecular flexibility index (Phi) is 2.68. The molecular formula is C8H15F2NO. The van der Waals surface area contributed by atoms with Gasteiger partial charge in [0, 0.05) is 26.5 Å². The Bertz CT molecular complexity index is 145. The lowest BCUT2D eigenvalue weighted by Crippen LogP contribution is -2.45. The van der Waals surface area contributed by atoms with Gasteiger partial charge in [0.25, 0.3) is 0 Å². The molecule has 2 N–H and O–H groups in total. The number of hydrogen-bond donors (Lipinski definition) is 1. The Balaban J connectivity index is 2.53. The first-order valence-electron chi connectivity index (χ1n) is 4.17. The van der Waals surface area contributed by atoms with Gasteiger partial charge in [0.05, 0.1) is 5.60 Å². The number of methoxy groups -OCH3 is 1. The van der Waals surface area contributed by atoms with E-state index in [1.165, 1.54) is 7.11 Å². The van der Waals surface area contributed by atoms with Gasteiger partial charge in [-0.1, -0.05) is 0 Å². The van der Waals surface area contributed by atoms with Crippen LogP contribution in [0.5, 0.6) is 0 Å². The summed E-state index contributed by atoms with van der Waals surface area (Å²) in [6.07, 6.45) is 0.538. The molecule has 0 bridgehead atoms. The van der Waals surface area contributed by atoms with Gasteiger partial charge in [-0.05, 0) is 12.8 Å². The van der Waals surface area contributed by atoms with Crippen molar-refractivity contribution in [1.29, 1.82) is 0 Å². The zero-order valence-electron chi connectivity index (χ0n) is 7.28. The number of halogens is 2. The molecule has 0 heterocycles. The molecule has 12 heavy (non-hydrogen) atoms. The van der Waals surface area contributed by atoms with Crippen LogP contribution in [0.1, 0.15) is 25.7 Å². The molecule has 0 saturated heterocycles. The summed E-state index contributed by atoms with van der Waals surface area (Å²) < 4.78 is 30.6. The predicted molar refractivity (Wildman–Crippen MR) is 42.2 cm³/mol. The molecule has 72 valence electrons. The van der Waals surface area contributed by atoms with E-state index in [1.807, 2.05) is 0 Å². The van der Waals surface area contributed by atoms with Gasteiger partial charge in [-0.15, -0.1) is 0 Å². The summed E-state index contributed by atoms with van der Waals surface area (Å²) >= 11 is 0. The van der Waals surface area contributed by atoms with Crippen molar-refractivity contribution < 1.29 is 13.5 Å². The minimum atomic E-state index is -2.50. The third-order valence-corrected chi connectivity index (χ3v) is 2.70. The summed E-state index contributed by atoms with van der Waals surface area (Å²) in [5.41, 5.74) is 4.98. The molecule has 0 atom stereocenters. The van der Waals surface area contributed by atoms with Crippen LogP contribution < -0.4 is 5.73 Å². The van der Waals surface area contributed by atoms with Crippen LogP contribution in [0.15, 0.2) is 0 Å². The molecule has 0 aliphatic heterocycles. The number of rotatable bonds is 2. The van der Waals surface area contributed by atoms with E-state index >= 15 is 0 Å². The highest BCUT2D eigenvalue weighted by Crippen LogP contribution is 2.39. The molecule has 4 heteroatoms. The zero-order chi connectivity index (χ0) is 9.24. The summed E-state index contributed by atoms with van der Waals surface area (Å²) in [5.74, 6) is -2.50. The first-order valence-corrected chi connectivity index (χ1v) is 4.17. The first kappa shape index (κ1) is 9.86. The van der Waals surface area contributed by atoms with Crippen LogP contribution in [-0.2, 0) is 4.74 Å². The second kappa shape index (κ2) is 3.26. The summed E-state index contributed by atoms with van der Waals surface area (Å²) in [6.45, 7) is 0.333. The smallest absolute Gasteiger partial charge is 0.248 e. The molecular weight excluding hydrogens is 164 g/mol. The predicted octanol–water partition coefficient (Wildman–Crippen LogP) is 1.54. The van der Waals surface area contributed by atoms with Crippen molar-refractivity contribution in [3.63, 3.8) is 0 Å². The molecule has 0 unspecified atom stereocenters. The van der Waals surface area contributed by atoms with Crippen molar-refractivity contribution in [2.24, 2.45) is 5.73 Å². The van der Waals surface area contributed by atoms with E-state index in [0.29, 0.717) is 19.4 Å². The van der Waals surface area contributed by atoms with Crippen LogP contribution in [0.3, 0.4) is 0 Å². The average molecular weight is 179 g/mol. The molecule has 0 aromatic heterocycles. The molecule has 0 aromatic rings. The highest BCUT2D eigenvalue weighted by Gasteiger charge is 2.42. The van der Waals surface area contributed by atoms with Gasteiger partial charge < -0.3 is 10.5 Å². The van der Waals surface area contributed by atoms with E-state index in [9.17, 15) is 8.78 Å². The van der Waals surface area contributed by atoms with E-state index in [2.05, 4.69) is 0 Å². The Morgan fingerprint density at radius 1 is 1.25 bits per heavy atom. The monoisotopic (exact) mass is 179 g/mol. The maximum atomic E-state index is 12.7. The van der Waals surface area contributed by atoms with Gasteiger partial charge in [-0.25, -0.2) is 8.78 Å². The molecule has 1 fully saturated rings. The quantitative estimate of drug-likeness (QED) is 0.697. The van der Waals surface area contributed by atoms with Crippen molar-refractivity contribution in [1.82, 2.24) is 0 Å². The SMILES string of the molecule is COC1(CN)CCC(F)(F)CC1. The normalized spacial score (nSPS) is 27.0. The van der Waals surface area contributed by atoms with Crippen LogP contribution in [0.2, 0.25) is 0 Å². The largest absolute Gasteiger partial charge is 0.377 e. The lowest BCUT2D eigenvalue weighted by molar-refractivity contribution is -0.114. The summed E-state index contributed by atoms with van der Waals surface area (Å²) in [5, 5.41) is 0. The number of hydrogen-bond acceptors (Lipinski definition) is 2. The molecule has 1 aliphatic rings. The van der Waals surface area contributed by atoms with Crippen molar-refractivity contribution in [2.45, 2.75) is 37.2 Å². The van der Waals surface area contributed by atoms with Crippen LogP contribution in [0, 0.1) is 0 Å². The van der Waals surface area contributed by atoms with Crippen LogP contribution in [0.4, 0.5) is 8.78 Å². The maximum Gasteiger partial charge on any atom is 0.248 e. The van der Waals surface area contributed by atoms with E-state index in [0.717, 1.165) is 0 Å². The van der Waals surface area contributed by atoms with E-state index in [-0.39, 0.29) is 12.8 Å². The Morgan fingerprint density at radius 3 is 2.08 bits per heavy atom. The van der Waals surface area contributed by atoms with Crippen LogP contribution in [-0.4, -0.2) is 25.2 Å². The van der Waals surface area contributed by atoms with Gasteiger partial charge in [-0.3, -0.25) is 0 Å². The van der Waals surface area contributed by atoms with Gasteiger partial charge in [0.15, 0.2) is 0 Å². The minimum Gasteiger partial charge on any atom is -0.377 e. The van der Waals surface area contributed by atoms with Gasteiger partial charge >= 0.3 is 0 Å². The fraction of sp³-hybridized carbons (Fsp3) is 1.00. The van der Waals surface area contributed by atoms with Gasteiger partial charge in [0.2, 0.25) is 5.92 Å². The highest BCUT2D eigenvalue weighted by molar-refractivity contribution is 4.90. The summed E-state index contributed by atoms with van der Waals surface area (Å²) in [4.78, 5) is 0. The topological polar surface area (TPSA) is 35.2 Å². The molecule has 0 radical (unpaired) electrons. The lowest BCUT2D eigenvalue weighted by Gasteiger charge is -2.37. The number of ether oxygens (including phenoxy) is 1. The molecule has 0 spiro atoms.